The summed E-state index contributed by atoms with van der Waals surface area (Å²) < 4.78 is 0.711. The van der Waals surface area contributed by atoms with E-state index in [0.29, 0.717) is 14.2 Å². The molecular formula is C13H8ClIN2O3. The SMILES string of the molecule is O=C(Nc1ccccc1[N+](=O)[O-])c1cc(Cl)ccc1I. The van der Waals surface area contributed by atoms with E-state index in [1.165, 1.54) is 24.3 Å². The van der Waals surface area contributed by atoms with Gasteiger partial charge in [0.25, 0.3) is 11.6 Å². The Balaban J connectivity index is 2.33. The maximum absolute atomic E-state index is 12.2. The normalized spacial score (nSPS) is 10.1. The Bertz CT molecular complexity index is 691. The minimum atomic E-state index is -0.543. The number of nitrogens with zero attached hydrogens (tertiary/aromatic N) is 1. The first-order chi connectivity index (χ1) is 9.49. The van der Waals surface area contributed by atoms with Gasteiger partial charge in [0.1, 0.15) is 5.69 Å². The molecule has 0 saturated heterocycles. The zero-order valence-corrected chi connectivity index (χ0v) is 12.9. The van der Waals surface area contributed by atoms with Crippen molar-refractivity contribution >= 4 is 51.5 Å². The van der Waals surface area contributed by atoms with Crippen molar-refractivity contribution < 1.29 is 9.72 Å². The number of halogens is 2. The molecule has 102 valence electrons. The summed E-state index contributed by atoms with van der Waals surface area (Å²) in [4.78, 5) is 22.5. The summed E-state index contributed by atoms with van der Waals surface area (Å²) in [7, 11) is 0. The zero-order chi connectivity index (χ0) is 14.7. The van der Waals surface area contributed by atoms with Gasteiger partial charge in [-0.1, -0.05) is 23.7 Å². The zero-order valence-electron chi connectivity index (χ0n) is 9.97. The molecule has 1 amide bonds. The number of anilines is 1. The molecule has 0 atom stereocenters. The molecule has 0 unspecified atom stereocenters. The number of carbonyl (C=O) groups is 1. The lowest BCUT2D eigenvalue weighted by Gasteiger charge is -2.07. The lowest BCUT2D eigenvalue weighted by molar-refractivity contribution is -0.383. The largest absolute Gasteiger partial charge is 0.316 e. The Hall–Kier alpha value is -1.67. The highest BCUT2D eigenvalue weighted by Crippen LogP contribution is 2.25. The van der Waals surface area contributed by atoms with Crippen LogP contribution in [0.15, 0.2) is 42.5 Å². The molecule has 0 aliphatic rings. The van der Waals surface area contributed by atoms with Crippen molar-refractivity contribution in [2.45, 2.75) is 0 Å². The van der Waals surface area contributed by atoms with Gasteiger partial charge in [0.15, 0.2) is 0 Å². The van der Waals surface area contributed by atoms with Gasteiger partial charge < -0.3 is 5.32 Å². The van der Waals surface area contributed by atoms with Crippen molar-refractivity contribution in [2.75, 3.05) is 5.32 Å². The van der Waals surface area contributed by atoms with Gasteiger partial charge in [0.2, 0.25) is 0 Å². The molecule has 0 radical (unpaired) electrons. The predicted molar refractivity (Wildman–Crippen MR) is 85.2 cm³/mol. The number of carbonyl (C=O) groups excluding carboxylic acids is 1. The number of rotatable bonds is 3. The first kappa shape index (κ1) is 14.7. The highest BCUT2D eigenvalue weighted by molar-refractivity contribution is 14.1. The molecule has 0 aliphatic heterocycles. The van der Waals surface area contributed by atoms with Gasteiger partial charge >= 0.3 is 0 Å². The molecule has 20 heavy (non-hydrogen) atoms. The Morgan fingerprint density at radius 2 is 1.95 bits per heavy atom. The molecule has 2 rings (SSSR count). The quantitative estimate of drug-likeness (QED) is 0.477. The maximum atomic E-state index is 12.2. The van der Waals surface area contributed by atoms with E-state index >= 15 is 0 Å². The molecule has 0 spiro atoms. The van der Waals surface area contributed by atoms with Crippen LogP contribution in [-0.2, 0) is 0 Å². The smallest absolute Gasteiger partial charge is 0.292 e. The van der Waals surface area contributed by atoms with Crippen LogP contribution in [0, 0.1) is 13.7 Å². The number of para-hydroxylation sites is 2. The summed E-state index contributed by atoms with van der Waals surface area (Å²) in [5.41, 5.74) is 0.368. The van der Waals surface area contributed by atoms with E-state index in [9.17, 15) is 14.9 Å². The van der Waals surface area contributed by atoms with E-state index in [2.05, 4.69) is 5.32 Å². The number of nitro groups is 1. The topological polar surface area (TPSA) is 72.2 Å². The third-order valence-corrected chi connectivity index (χ3v) is 3.70. The second-order valence-corrected chi connectivity index (χ2v) is 5.45. The lowest BCUT2D eigenvalue weighted by Crippen LogP contribution is -2.14. The van der Waals surface area contributed by atoms with Crippen LogP contribution >= 0.6 is 34.2 Å². The fourth-order valence-electron chi connectivity index (χ4n) is 1.60. The predicted octanol–water partition coefficient (Wildman–Crippen LogP) is 4.11. The molecule has 2 aromatic carbocycles. The third kappa shape index (κ3) is 3.26. The van der Waals surface area contributed by atoms with Crippen LogP contribution in [0.4, 0.5) is 11.4 Å². The van der Waals surface area contributed by atoms with Gasteiger partial charge in [-0.05, 0) is 46.9 Å². The van der Waals surface area contributed by atoms with Crippen LogP contribution in [0.1, 0.15) is 10.4 Å². The van der Waals surface area contributed by atoms with Crippen molar-refractivity contribution in [1.82, 2.24) is 0 Å². The molecule has 0 bridgehead atoms. The van der Waals surface area contributed by atoms with Gasteiger partial charge in [0.05, 0.1) is 10.5 Å². The maximum Gasteiger partial charge on any atom is 0.292 e. The Morgan fingerprint density at radius 3 is 2.65 bits per heavy atom. The third-order valence-electron chi connectivity index (χ3n) is 2.52. The van der Waals surface area contributed by atoms with Gasteiger partial charge in [-0.3, -0.25) is 14.9 Å². The van der Waals surface area contributed by atoms with Crippen LogP contribution in [0.5, 0.6) is 0 Å². The van der Waals surface area contributed by atoms with E-state index in [1.54, 1.807) is 18.2 Å². The average molecular weight is 403 g/mol. The summed E-state index contributed by atoms with van der Waals surface area (Å²) in [6.07, 6.45) is 0. The van der Waals surface area contributed by atoms with Crippen molar-refractivity contribution in [3.05, 3.63) is 66.7 Å². The Labute approximate surface area is 133 Å². The average Bonchev–Trinajstić information content (AvgIpc) is 2.41. The van der Waals surface area contributed by atoms with Crippen LogP contribution in [0.3, 0.4) is 0 Å². The van der Waals surface area contributed by atoms with Crippen LogP contribution in [0.2, 0.25) is 5.02 Å². The number of nitro benzene ring substituents is 1. The molecule has 0 aliphatic carbocycles. The van der Waals surface area contributed by atoms with Crippen molar-refractivity contribution in [1.29, 1.82) is 0 Å². The van der Waals surface area contributed by atoms with Crippen molar-refractivity contribution in [3.63, 3.8) is 0 Å². The van der Waals surface area contributed by atoms with Crippen molar-refractivity contribution in [3.8, 4) is 0 Å². The second-order valence-electron chi connectivity index (χ2n) is 3.85. The summed E-state index contributed by atoms with van der Waals surface area (Å²) in [5.74, 6) is -0.439. The first-order valence-electron chi connectivity index (χ1n) is 5.49. The van der Waals surface area contributed by atoms with E-state index in [1.807, 2.05) is 22.6 Å². The minimum absolute atomic E-state index is 0.151. The Morgan fingerprint density at radius 1 is 1.25 bits per heavy atom. The summed E-state index contributed by atoms with van der Waals surface area (Å²) in [5, 5.41) is 13.9. The molecule has 0 heterocycles. The van der Waals surface area contributed by atoms with Crippen LogP contribution in [-0.4, -0.2) is 10.8 Å². The van der Waals surface area contributed by atoms with Gasteiger partial charge in [-0.15, -0.1) is 0 Å². The fourth-order valence-corrected chi connectivity index (χ4v) is 2.35. The molecule has 5 nitrogen and oxygen atoms in total. The lowest BCUT2D eigenvalue weighted by atomic mass is 10.2. The molecule has 0 saturated carbocycles. The van der Waals surface area contributed by atoms with Gasteiger partial charge in [-0.2, -0.15) is 0 Å². The number of nitrogens with one attached hydrogen (secondary N) is 1. The number of hydrogen-bond donors (Lipinski definition) is 1. The highest BCUT2D eigenvalue weighted by Gasteiger charge is 2.17. The van der Waals surface area contributed by atoms with Crippen molar-refractivity contribution in [2.24, 2.45) is 0 Å². The number of amides is 1. The molecule has 1 N–H and O–H groups in total. The molecule has 2 aromatic rings. The van der Waals surface area contributed by atoms with Gasteiger partial charge in [-0.25, -0.2) is 0 Å². The van der Waals surface area contributed by atoms with Crippen LogP contribution in [0.25, 0.3) is 0 Å². The number of benzene rings is 2. The summed E-state index contributed by atoms with van der Waals surface area (Å²) in [6, 6.07) is 10.9. The molecule has 0 aromatic heterocycles. The summed E-state index contributed by atoms with van der Waals surface area (Å²) >= 11 is 7.86. The number of hydrogen-bond acceptors (Lipinski definition) is 3. The second kappa shape index (κ2) is 6.19. The highest BCUT2D eigenvalue weighted by atomic mass is 127. The van der Waals surface area contributed by atoms with E-state index < -0.39 is 10.8 Å². The van der Waals surface area contributed by atoms with Crippen LogP contribution < -0.4 is 5.32 Å². The molecular weight excluding hydrogens is 395 g/mol. The van der Waals surface area contributed by atoms with Gasteiger partial charge in [0, 0.05) is 14.7 Å². The Kier molecular flexibility index (Phi) is 4.56. The fraction of sp³-hybridized carbons (Fsp3) is 0. The van der Waals surface area contributed by atoms with E-state index in [4.69, 9.17) is 11.6 Å². The molecule has 0 fully saturated rings. The standard InChI is InChI=1S/C13H8ClIN2O3/c14-8-5-6-10(15)9(7-8)13(18)16-11-3-1-2-4-12(11)17(19)20/h1-7H,(H,16,18). The van der Waals surface area contributed by atoms with E-state index in [-0.39, 0.29) is 11.4 Å². The first-order valence-corrected chi connectivity index (χ1v) is 6.94. The minimum Gasteiger partial charge on any atom is -0.316 e. The van der Waals surface area contributed by atoms with E-state index in [0.717, 1.165) is 0 Å². The molecule has 7 heteroatoms. The monoisotopic (exact) mass is 402 g/mol. The summed E-state index contributed by atoms with van der Waals surface area (Å²) in [6.45, 7) is 0.